The molecule has 20 heavy (non-hydrogen) atoms. The van der Waals surface area contributed by atoms with Gasteiger partial charge >= 0.3 is 0 Å². The van der Waals surface area contributed by atoms with Crippen molar-refractivity contribution in [3.63, 3.8) is 0 Å². The van der Waals surface area contributed by atoms with Gasteiger partial charge in [0, 0.05) is 0 Å². The minimum Gasteiger partial charge on any atom is -0.496 e. The van der Waals surface area contributed by atoms with Crippen molar-refractivity contribution in [3.05, 3.63) is 28.8 Å². The minimum atomic E-state index is -0.366. The first-order valence-corrected chi connectivity index (χ1v) is 7.13. The fourth-order valence-corrected chi connectivity index (χ4v) is 2.98. The van der Waals surface area contributed by atoms with Crippen LogP contribution in [0.3, 0.4) is 0 Å². The monoisotopic (exact) mass is 273 g/mol. The number of ether oxygens (including phenoxy) is 1. The molecule has 3 nitrogen and oxygen atoms in total. The number of hydrogen-bond acceptors (Lipinski definition) is 3. The predicted octanol–water partition coefficient (Wildman–Crippen LogP) is 4.02. The molecule has 1 saturated carbocycles. The third-order valence-electron chi connectivity index (χ3n) is 4.30. The summed E-state index contributed by atoms with van der Waals surface area (Å²) in [5.41, 5.74) is 3.13. The van der Waals surface area contributed by atoms with E-state index < -0.39 is 0 Å². The SMILES string of the molecule is COc1cc(C2(N=C=O)CCC2)c(C)cc1C(C)(C)C. The van der Waals surface area contributed by atoms with Crippen molar-refractivity contribution in [2.45, 2.75) is 57.9 Å². The van der Waals surface area contributed by atoms with Crippen molar-refractivity contribution in [2.24, 2.45) is 4.99 Å². The van der Waals surface area contributed by atoms with Crippen LogP contribution in [0.4, 0.5) is 0 Å². The molecule has 0 amide bonds. The zero-order valence-corrected chi connectivity index (χ0v) is 13.0. The van der Waals surface area contributed by atoms with E-state index in [1.165, 1.54) is 11.1 Å². The van der Waals surface area contributed by atoms with E-state index in [0.717, 1.165) is 30.6 Å². The number of aliphatic imine (C=N–C) groups is 1. The molecule has 1 aromatic rings. The summed E-state index contributed by atoms with van der Waals surface area (Å²) in [7, 11) is 1.69. The molecule has 108 valence electrons. The average molecular weight is 273 g/mol. The molecule has 2 rings (SSSR count). The molecule has 0 N–H and O–H groups in total. The Labute approximate surface area is 121 Å². The second-order valence-corrected chi connectivity index (χ2v) is 6.71. The molecular formula is C17H23NO2. The van der Waals surface area contributed by atoms with E-state index in [1.807, 2.05) is 0 Å². The first kappa shape index (κ1) is 14.8. The number of carbonyl (C=O) groups excluding carboxylic acids is 1. The van der Waals surface area contributed by atoms with E-state index in [9.17, 15) is 4.79 Å². The highest BCUT2D eigenvalue weighted by Gasteiger charge is 2.40. The average Bonchev–Trinajstić information content (AvgIpc) is 2.33. The number of isocyanates is 1. The summed E-state index contributed by atoms with van der Waals surface area (Å²) in [6.07, 6.45) is 4.69. The molecule has 0 unspecified atom stereocenters. The Morgan fingerprint density at radius 1 is 1.30 bits per heavy atom. The van der Waals surface area contributed by atoms with Crippen molar-refractivity contribution in [3.8, 4) is 5.75 Å². The lowest BCUT2D eigenvalue weighted by Crippen LogP contribution is -2.33. The van der Waals surface area contributed by atoms with Gasteiger partial charge in [0.1, 0.15) is 5.75 Å². The van der Waals surface area contributed by atoms with Crippen LogP contribution in [0.5, 0.6) is 5.75 Å². The fraction of sp³-hybridized carbons (Fsp3) is 0.588. The molecule has 0 spiro atoms. The summed E-state index contributed by atoms with van der Waals surface area (Å²) >= 11 is 0. The van der Waals surface area contributed by atoms with Gasteiger partial charge in [0.15, 0.2) is 0 Å². The highest BCUT2D eigenvalue weighted by Crippen LogP contribution is 2.48. The van der Waals surface area contributed by atoms with Gasteiger partial charge < -0.3 is 4.74 Å². The lowest BCUT2D eigenvalue weighted by molar-refractivity contribution is 0.253. The first-order valence-electron chi connectivity index (χ1n) is 7.13. The fourth-order valence-electron chi connectivity index (χ4n) is 2.98. The highest BCUT2D eigenvalue weighted by atomic mass is 16.5. The lowest BCUT2D eigenvalue weighted by atomic mass is 9.70. The molecular weight excluding hydrogens is 250 g/mol. The Hall–Kier alpha value is -1.60. The highest BCUT2D eigenvalue weighted by molar-refractivity contribution is 5.50. The van der Waals surface area contributed by atoms with Gasteiger partial charge in [-0.05, 0) is 54.4 Å². The Morgan fingerprint density at radius 3 is 2.35 bits per heavy atom. The van der Waals surface area contributed by atoms with E-state index in [1.54, 1.807) is 13.2 Å². The molecule has 1 aliphatic rings. The molecule has 1 aliphatic carbocycles. The third-order valence-corrected chi connectivity index (χ3v) is 4.30. The Bertz CT molecular complexity index is 559. The van der Waals surface area contributed by atoms with Crippen LogP contribution in [-0.2, 0) is 15.7 Å². The molecule has 0 bridgehead atoms. The van der Waals surface area contributed by atoms with Gasteiger partial charge in [-0.25, -0.2) is 4.79 Å². The maximum atomic E-state index is 10.8. The van der Waals surface area contributed by atoms with E-state index in [2.05, 4.69) is 44.8 Å². The predicted molar refractivity (Wildman–Crippen MR) is 80.1 cm³/mol. The van der Waals surface area contributed by atoms with Crippen LogP contribution in [0.2, 0.25) is 0 Å². The molecule has 0 aromatic heterocycles. The quantitative estimate of drug-likeness (QED) is 0.616. The maximum absolute atomic E-state index is 10.8. The largest absolute Gasteiger partial charge is 0.496 e. The summed E-state index contributed by atoms with van der Waals surface area (Å²) in [5, 5.41) is 0. The van der Waals surface area contributed by atoms with Gasteiger partial charge in [-0.2, -0.15) is 4.99 Å². The van der Waals surface area contributed by atoms with Crippen LogP contribution < -0.4 is 4.74 Å². The number of hydrogen-bond donors (Lipinski definition) is 0. The summed E-state index contributed by atoms with van der Waals surface area (Å²) in [4.78, 5) is 14.9. The number of nitrogens with zero attached hydrogens (tertiary/aromatic N) is 1. The minimum absolute atomic E-state index is 0.0232. The second kappa shape index (κ2) is 5.06. The number of rotatable bonds is 3. The van der Waals surface area contributed by atoms with E-state index >= 15 is 0 Å². The lowest BCUT2D eigenvalue weighted by Gasteiger charge is -2.39. The number of methoxy groups -OCH3 is 1. The first-order chi connectivity index (χ1) is 9.34. The van der Waals surface area contributed by atoms with Crippen LogP contribution in [0.15, 0.2) is 17.1 Å². The van der Waals surface area contributed by atoms with Crippen molar-refractivity contribution in [1.82, 2.24) is 0 Å². The molecule has 0 heterocycles. The number of aryl methyl sites for hydroxylation is 1. The van der Waals surface area contributed by atoms with Gasteiger partial charge in [-0.3, -0.25) is 0 Å². The molecule has 1 fully saturated rings. The standard InChI is InChI=1S/C17H23NO2/c1-12-9-14(16(2,3)4)15(20-5)10-13(12)17(18-11-19)7-6-8-17/h9-10H,6-8H2,1-5H3. The van der Waals surface area contributed by atoms with Gasteiger partial charge in [0.25, 0.3) is 0 Å². The van der Waals surface area contributed by atoms with Crippen LogP contribution >= 0.6 is 0 Å². The topological polar surface area (TPSA) is 38.7 Å². The molecule has 0 saturated heterocycles. The molecule has 0 radical (unpaired) electrons. The van der Waals surface area contributed by atoms with Gasteiger partial charge in [-0.1, -0.05) is 26.8 Å². The van der Waals surface area contributed by atoms with Gasteiger partial charge in [0.2, 0.25) is 6.08 Å². The van der Waals surface area contributed by atoms with Gasteiger partial charge in [0.05, 0.1) is 12.6 Å². The summed E-state index contributed by atoms with van der Waals surface area (Å²) in [5.74, 6) is 0.880. The van der Waals surface area contributed by atoms with Crippen LogP contribution in [-0.4, -0.2) is 13.2 Å². The molecule has 3 heteroatoms. The van der Waals surface area contributed by atoms with Gasteiger partial charge in [-0.15, -0.1) is 0 Å². The van der Waals surface area contributed by atoms with E-state index in [4.69, 9.17) is 4.74 Å². The van der Waals surface area contributed by atoms with Crippen molar-refractivity contribution in [1.29, 1.82) is 0 Å². The van der Waals surface area contributed by atoms with Crippen LogP contribution in [0.25, 0.3) is 0 Å². The zero-order valence-electron chi connectivity index (χ0n) is 13.0. The summed E-state index contributed by atoms with van der Waals surface area (Å²) in [6.45, 7) is 8.61. The normalized spacial score (nSPS) is 17.1. The summed E-state index contributed by atoms with van der Waals surface area (Å²) in [6, 6.07) is 4.24. The Morgan fingerprint density at radius 2 is 1.95 bits per heavy atom. The van der Waals surface area contributed by atoms with Crippen LogP contribution in [0.1, 0.15) is 56.7 Å². The Balaban J connectivity index is 2.59. The zero-order chi connectivity index (χ0) is 15.0. The number of benzene rings is 1. The second-order valence-electron chi connectivity index (χ2n) is 6.71. The van der Waals surface area contributed by atoms with Crippen molar-refractivity contribution in [2.75, 3.05) is 7.11 Å². The third kappa shape index (κ3) is 2.38. The van der Waals surface area contributed by atoms with E-state index in [0.29, 0.717) is 0 Å². The molecule has 0 atom stereocenters. The summed E-state index contributed by atoms with van der Waals surface area (Å²) < 4.78 is 5.57. The van der Waals surface area contributed by atoms with Crippen LogP contribution in [0, 0.1) is 6.92 Å². The smallest absolute Gasteiger partial charge is 0.235 e. The molecule has 0 aliphatic heterocycles. The van der Waals surface area contributed by atoms with Crippen molar-refractivity contribution < 1.29 is 9.53 Å². The van der Waals surface area contributed by atoms with E-state index in [-0.39, 0.29) is 11.0 Å². The molecule has 1 aromatic carbocycles. The Kier molecular flexibility index (Phi) is 3.75. The maximum Gasteiger partial charge on any atom is 0.235 e. The van der Waals surface area contributed by atoms with Crippen molar-refractivity contribution >= 4 is 6.08 Å².